The minimum absolute atomic E-state index is 0.0220. The van der Waals surface area contributed by atoms with Gasteiger partial charge in [0.2, 0.25) is 0 Å². The van der Waals surface area contributed by atoms with E-state index in [1.165, 1.54) is 6.26 Å². The first kappa shape index (κ1) is 13.2. The number of nitrogens with zero attached hydrogens (tertiary/aromatic N) is 1. The van der Waals surface area contributed by atoms with Crippen molar-refractivity contribution < 1.29 is 9.53 Å². The lowest BCUT2D eigenvalue weighted by Gasteiger charge is -2.08. The highest BCUT2D eigenvalue weighted by Crippen LogP contribution is 2.37. The quantitative estimate of drug-likeness (QED) is 0.621. The van der Waals surface area contributed by atoms with E-state index >= 15 is 0 Å². The normalized spacial score (nSPS) is 14.3. The van der Waals surface area contributed by atoms with Gasteiger partial charge in [-0.3, -0.25) is 4.79 Å². The first-order valence-corrected chi connectivity index (χ1v) is 6.89. The number of ether oxygens (including phenoxy) is 1. The molecule has 1 aromatic heterocycles. The molecule has 2 rings (SSSR count). The number of rotatable bonds is 7. The van der Waals surface area contributed by atoms with Crippen molar-refractivity contribution in [2.24, 2.45) is 0 Å². The molecule has 1 aliphatic carbocycles. The van der Waals surface area contributed by atoms with Crippen LogP contribution in [0.25, 0.3) is 0 Å². The van der Waals surface area contributed by atoms with Gasteiger partial charge in [-0.1, -0.05) is 6.58 Å². The molecular formula is C13H17BrN2O2. The molecule has 4 nitrogen and oxygen atoms in total. The highest BCUT2D eigenvalue weighted by molar-refractivity contribution is 9.10. The minimum atomic E-state index is -0.0220. The van der Waals surface area contributed by atoms with Gasteiger partial charge in [-0.25, -0.2) is 0 Å². The maximum atomic E-state index is 12.0. The molecule has 1 aliphatic rings. The first-order valence-electron chi connectivity index (χ1n) is 6.10. The fourth-order valence-electron chi connectivity index (χ4n) is 1.81. The van der Waals surface area contributed by atoms with Crippen molar-refractivity contribution in [2.75, 3.05) is 13.2 Å². The number of carbonyl (C=O) groups is 1. The van der Waals surface area contributed by atoms with E-state index in [0.717, 1.165) is 29.4 Å². The Bertz CT molecular complexity index is 438. The van der Waals surface area contributed by atoms with E-state index in [9.17, 15) is 4.79 Å². The van der Waals surface area contributed by atoms with Crippen LogP contribution in [0.4, 0.5) is 0 Å². The summed E-state index contributed by atoms with van der Waals surface area (Å²) in [5.74, 6) is -0.0220. The van der Waals surface area contributed by atoms with Crippen LogP contribution in [-0.4, -0.2) is 23.6 Å². The molecule has 0 atom stereocenters. The number of halogens is 1. The third-order valence-corrected chi connectivity index (χ3v) is 3.26. The molecule has 1 N–H and O–H groups in total. The molecule has 0 saturated heterocycles. The topological polar surface area (TPSA) is 43.3 Å². The van der Waals surface area contributed by atoms with Crippen LogP contribution in [0.2, 0.25) is 0 Å². The second-order valence-electron chi connectivity index (χ2n) is 4.33. The number of amides is 1. The maximum Gasteiger partial charge on any atom is 0.267 e. The van der Waals surface area contributed by atoms with Crippen LogP contribution in [0.3, 0.4) is 0 Å². The number of nitrogens with one attached hydrogen (secondary N) is 1. The Kier molecular flexibility index (Phi) is 4.47. The van der Waals surface area contributed by atoms with E-state index < -0.39 is 0 Å². The van der Waals surface area contributed by atoms with Crippen molar-refractivity contribution in [3.63, 3.8) is 0 Å². The molecule has 1 aromatic rings. The highest BCUT2D eigenvalue weighted by Gasteiger charge is 2.27. The van der Waals surface area contributed by atoms with Crippen LogP contribution in [0, 0.1) is 0 Å². The zero-order valence-corrected chi connectivity index (χ0v) is 11.8. The first-order chi connectivity index (χ1) is 8.72. The zero-order chi connectivity index (χ0) is 13.0. The largest absolute Gasteiger partial charge is 0.502 e. The second-order valence-corrected chi connectivity index (χ2v) is 5.24. The fraction of sp³-hybridized carbons (Fsp3) is 0.462. The van der Waals surface area contributed by atoms with E-state index in [4.69, 9.17) is 4.74 Å². The van der Waals surface area contributed by atoms with Crippen molar-refractivity contribution in [1.29, 1.82) is 0 Å². The van der Waals surface area contributed by atoms with Crippen LogP contribution >= 0.6 is 15.9 Å². The molecule has 0 unspecified atom stereocenters. The molecule has 0 radical (unpaired) electrons. The molecule has 1 heterocycles. The van der Waals surface area contributed by atoms with E-state index in [1.807, 2.05) is 12.3 Å². The lowest BCUT2D eigenvalue weighted by molar-refractivity contribution is 0.0941. The SMILES string of the molecule is C=COCCCNC(=O)c1cc(Br)cn1C1CC1. The van der Waals surface area contributed by atoms with Gasteiger partial charge in [0.15, 0.2) is 0 Å². The third-order valence-electron chi connectivity index (χ3n) is 2.83. The number of aromatic nitrogens is 1. The lowest BCUT2D eigenvalue weighted by Crippen LogP contribution is -2.27. The summed E-state index contributed by atoms with van der Waals surface area (Å²) in [6, 6.07) is 2.37. The molecular weight excluding hydrogens is 296 g/mol. The predicted molar refractivity (Wildman–Crippen MR) is 73.5 cm³/mol. The molecule has 18 heavy (non-hydrogen) atoms. The Hall–Kier alpha value is -1.23. The Morgan fingerprint density at radius 3 is 3.11 bits per heavy atom. The second kappa shape index (κ2) is 6.09. The van der Waals surface area contributed by atoms with E-state index in [1.54, 1.807) is 0 Å². The van der Waals surface area contributed by atoms with Gasteiger partial charge in [0.05, 0.1) is 12.9 Å². The highest BCUT2D eigenvalue weighted by atomic mass is 79.9. The minimum Gasteiger partial charge on any atom is -0.502 e. The van der Waals surface area contributed by atoms with Gasteiger partial charge < -0.3 is 14.6 Å². The van der Waals surface area contributed by atoms with Crippen LogP contribution in [0.1, 0.15) is 35.8 Å². The summed E-state index contributed by atoms with van der Waals surface area (Å²) in [4.78, 5) is 12.0. The van der Waals surface area contributed by atoms with E-state index in [-0.39, 0.29) is 5.91 Å². The molecule has 5 heteroatoms. The summed E-state index contributed by atoms with van der Waals surface area (Å²) in [5.41, 5.74) is 0.731. The average Bonchev–Trinajstić information content (AvgIpc) is 3.12. The van der Waals surface area contributed by atoms with Crippen LogP contribution in [0.5, 0.6) is 0 Å². The van der Waals surface area contributed by atoms with Crippen molar-refractivity contribution in [3.05, 3.63) is 35.3 Å². The molecule has 98 valence electrons. The third kappa shape index (κ3) is 3.38. The molecule has 0 spiro atoms. The van der Waals surface area contributed by atoms with Crippen LogP contribution in [0.15, 0.2) is 29.6 Å². The summed E-state index contributed by atoms with van der Waals surface area (Å²) in [6.45, 7) is 4.66. The Labute approximate surface area is 115 Å². The summed E-state index contributed by atoms with van der Waals surface area (Å²) in [7, 11) is 0. The predicted octanol–water partition coefficient (Wildman–Crippen LogP) is 2.87. The fourth-order valence-corrected chi connectivity index (χ4v) is 2.25. The lowest BCUT2D eigenvalue weighted by atomic mass is 10.3. The molecule has 0 bridgehead atoms. The van der Waals surface area contributed by atoms with Crippen molar-refractivity contribution in [1.82, 2.24) is 9.88 Å². The summed E-state index contributed by atoms with van der Waals surface area (Å²) < 4.78 is 8.01. The standard InChI is InChI=1S/C13H17BrN2O2/c1-2-18-7-3-6-15-13(17)12-8-10(14)9-16(12)11-4-5-11/h2,8-9,11H,1,3-7H2,(H,15,17). The maximum absolute atomic E-state index is 12.0. The van der Waals surface area contributed by atoms with Gasteiger partial charge in [-0.2, -0.15) is 0 Å². The number of hydrogen-bond donors (Lipinski definition) is 1. The average molecular weight is 313 g/mol. The van der Waals surface area contributed by atoms with Crippen LogP contribution < -0.4 is 5.32 Å². The summed E-state index contributed by atoms with van der Waals surface area (Å²) in [6.07, 6.45) is 6.50. The van der Waals surface area contributed by atoms with Gasteiger partial charge in [0.25, 0.3) is 5.91 Å². The summed E-state index contributed by atoms with van der Waals surface area (Å²) in [5, 5.41) is 2.90. The van der Waals surface area contributed by atoms with Crippen molar-refractivity contribution in [2.45, 2.75) is 25.3 Å². The van der Waals surface area contributed by atoms with Gasteiger partial charge in [0.1, 0.15) is 5.69 Å². The molecule has 1 fully saturated rings. The number of hydrogen-bond acceptors (Lipinski definition) is 2. The number of carbonyl (C=O) groups excluding carboxylic acids is 1. The molecule has 1 saturated carbocycles. The van der Waals surface area contributed by atoms with Gasteiger partial charge in [-0.15, -0.1) is 0 Å². The molecule has 0 aromatic carbocycles. The van der Waals surface area contributed by atoms with E-state index in [2.05, 4.69) is 32.4 Å². The molecule has 1 amide bonds. The van der Waals surface area contributed by atoms with Gasteiger partial charge >= 0.3 is 0 Å². The van der Waals surface area contributed by atoms with Crippen LogP contribution in [-0.2, 0) is 4.74 Å². The van der Waals surface area contributed by atoms with Crippen molar-refractivity contribution in [3.8, 4) is 0 Å². The smallest absolute Gasteiger partial charge is 0.267 e. The van der Waals surface area contributed by atoms with Gasteiger partial charge in [0, 0.05) is 23.3 Å². The zero-order valence-electron chi connectivity index (χ0n) is 10.2. The Balaban J connectivity index is 1.86. The Morgan fingerprint density at radius 2 is 2.44 bits per heavy atom. The van der Waals surface area contributed by atoms with Crippen molar-refractivity contribution >= 4 is 21.8 Å². The summed E-state index contributed by atoms with van der Waals surface area (Å²) >= 11 is 3.42. The van der Waals surface area contributed by atoms with Gasteiger partial charge in [-0.05, 0) is 41.3 Å². The molecule has 0 aliphatic heterocycles. The monoisotopic (exact) mass is 312 g/mol. The van der Waals surface area contributed by atoms with E-state index in [0.29, 0.717) is 19.2 Å². The Morgan fingerprint density at radius 1 is 1.67 bits per heavy atom.